The van der Waals surface area contributed by atoms with Crippen molar-refractivity contribution in [2.24, 2.45) is 11.8 Å². The molecule has 3 aliphatic rings. The molecule has 4 unspecified atom stereocenters. The van der Waals surface area contributed by atoms with E-state index in [1.165, 1.54) is 0 Å². The van der Waals surface area contributed by atoms with Gasteiger partial charge in [-0.2, -0.15) is 0 Å². The predicted molar refractivity (Wildman–Crippen MR) is 132 cm³/mol. The first-order chi connectivity index (χ1) is 16.2. The Balaban J connectivity index is 1.97. The average Bonchev–Trinajstić information content (AvgIpc) is 3.21. The highest BCUT2D eigenvalue weighted by molar-refractivity contribution is 5.94. The Morgan fingerprint density at radius 2 is 1.85 bits per heavy atom. The largest absolute Gasteiger partial charge is 0.487 e. The van der Waals surface area contributed by atoms with Crippen LogP contribution in [-0.4, -0.2) is 60.4 Å². The molecule has 3 amide bonds. The second-order valence-corrected chi connectivity index (χ2v) is 10.1. The summed E-state index contributed by atoms with van der Waals surface area (Å²) in [6.45, 7) is 8.75. The number of carbonyl (C=O) groups excluding carboxylic acids is 3. The van der Waals surface area contributed by atoms with Crippen molar-refractivity contribution in [3.8, 4) is 5.75 Å². The molecule has 0 spiro atoms. The number of hydrogen-bond acceptors (Lipinski definition) is 5. The third-order valence-electron chi connectivity index (χ3n) is 6.38. The number of nitrogens with zero attached hydrogens (tertiary/aromatic N) is 1. The molecule has 8 nitrogen and oxygen atoms in total. The van der Waals surface area contributed by atoms with Crippen LogP contribution < -0.4 is 20.7 Å². The summed E-state index contributed by atoms with van der Waals surface area (Å²) in [5.74, 6) is -0.203. The quantitative estimate of drug-likeness (QED) is 0.613. The number of benzene rings is 1. The third-order valence-corrected chi connectivity index (χ3v) is 6.38. The number of rotatable bonds is 5. The van der Waals surface area contributed by atoms with E-state index >= 15 is 0 Å². The van der Waals surface area contributed by atoms with Crippen molar-refractivity contribution in [3.63, 3.8) is 0 Å². The van der Waals surface area contributed by atoms with E-state index in [-0.39, 0.29) is 29.7 Å². The third kappa shape index (κ3) is 6.59. The Labute approximate surface area is 202 Å². The highest BCUT2D eigenvalue weighted by atomic mass is 16.5. The Hall–Kier alpha value is -2.87. The van der Waals surface area contributed by atoms with Gasteiger partial charge in [-0.3, -0.25) is 19.3 Å². The van der Waals surface area contributed by atoms with Gasteiger partial charge in [-0.25, -0.2) is 0 Å². The van der Waals surface area contributed by atoms with Gasteiger partial charge >= 0.3 is 0 Å². The molecule has 34 heavy (non-hydrogen) atoms. The van der Waals surface area contributed by atoms with Crippen LogP contribution in [0.5, 0.6) is 5.75 Å². The van der Waals surface area contributed by atoms with Gasteiger partial charge in [0.2, 0.25) is 17.7 Å². The van der Waals surface area contributed by atoms with Crippen LogP contribution >= 0.6 is 0 Å². The van der Waals surface area contributed by atoms with Crippen LogP contribution in [0.3, 0.4) is 0 Å². The van der Waals surface area contributed by atoms with E-state index in [2.05, 4.69) is 16.0 Å². The first-order valence-electron chi connectivity index (χ1n) is 12.2. The van der Waals surface area contributed by atoms with Gasteiger partial charge in [0.05, 0.1) is 6.04 Å². The topological polar surface area (TPSA) is 99.8 Å². The fourth-order valence-corrected chi connectivity index (χ4v) is 4.48. The predicted octanol–water partition coefficient (Wildman–Crippen LogP) is 2.30. The first kappa shape index (κ1) is 25.7. The minimum atomic E-state index is -0.956. The fourth-order valence-electron chi connectivity index (χ4n) is 4.48. The van der Waals surface area contributed by atoms with E-state index < -0.39 is 24.1 Å². The maximum atomic E-state index is 13.6. The molecule has 186 valence electrons. The number of hydrogen-bond donors (Lipinski definition) is 3. The molecule has 0 saturated carbocycles. The Kier molecular flexibility index (Phi) is 8.72. The highest BCUT2D eigenvalue weighted by Gasteiger charge is 2.38. The zero-order chi connectivity index (χ0) is 24.8. The lowest BCUT2D eigenvalue weighted by atomic mass is 9.96. The van der Waals surface area contributed by atoms with Gasteiger partial charge in [-0.1, -0.05) is 39.8 Å². The minimum Gasteiger partial charge on any atom is -0.487 e. The van der Waals surface area contributed by atoms with Crippen LogP contribution in [0.2, 0.25) is 0 Å². The molecule has 4 atom stereocenters. The summed E-state index contributed by atoms with van der Waals surface area (Å²) in [6.07, 6.45) is 4.90. The zero-order valence-electron chi connectivity index (χ0n) is 20.8. The van der Waals surface area contributed by atoms with Crippen molar-refractivity contribution >= 4 is 23.8 Å². The lowest BCUT2D eigenvalue weighted by Crippen LogP contribution is -2.61. The van der Waals surface area contributed by atoms with E-state index in [1.54, 1.807) is 12.3 Å². The molecule has 1 fully saturated rings. The summed E-state index contributed by atoms with van der Waals surface area (Å²) in [5, 5.41) is 8.64. The lowest BCUT2D eigenvalue weighted by molar-refractivity contribution is -0.136. The van der Waals surface area contributed by atoms with Crippen molar-refractivity contribution in [2.75, 3.05) is 13.6 Å². The number of carbonyl (C=O) groups is 3. The maximum Gasteiger partial charge on any atom is 0.247 e. The summed E-state index contributed by atoms with van der Waals surface area (Å²) < 4.78 is 6.28. The van der Waals surface area contributed by atoms with Gasteiger partial charge in [0.15, 0.2) is 0 Å². The van der Waals surface area contributed by atoms with Crippen molar-refractivity contribution < 1.29 is 19.1 Å². The van der Waals surface area contributed by atoms with Gasteiger partial charge in [0.25, 0.3) is 0 Å². The number of likely N-dealkylation sites (N-methyl/N-ethyl adjacent to an activating group) is 1. The van der Waals surface area contributed by atoms with Crippen LogP contribution in [0, 0.1) is 11.8 Å². The summed E-state index contributed by atoms with van der Waals surface area (Å²) >= 11 is 0. The number of nitrogens with one attached hydrogen (secondary N) is 3. The van der Waals surface area contributed by atoms with E-state index in [1.807, 2.05) is 63.9 Å². The number of amides is 3. The molecule has 0 aromatic heterocycles. The monoisotopic (exact) mass is 470 g/mol. The second kappa shape index (κ2) is 11.5. The minimum absolute atomic E-state index is 0.0813. The smallest absolute Gasteiger partial charge is 0.247 e. The number of ether oxygens (including phenoxy) is 1. The van der Waals surface area contributed by atoms with E-state index in [9.17, 15) is 14.4 Å². The van der Waals surface area contributed by atoms with E-state index in [0.29, 0.717) is 12.2 Å². The van der Waals surface area contributed by atoms with Gasteiger partial charge in [0.1, 0.15) is 23.9 Å². The SMILES string of the molecule is CC(C)CC1NC(=O)C(NC(=O)C2CCCN2C)C(C(C)C)Oc2ccc(cc2)/C=C\NC1=O. The Bertz CT molecular complexity index is 897. The van der Waals surface area contributed by atoms with Crippen molar-refractivity contribution in [1.82, 2.24) is 20.9 Å². The first-order valence-corrected chi connectivity index (χ1v) is 12.2. The Morgan fingerprint density at radius 3 is 2.44 bits per heavy atom. The standard InChI is InChI=1S/C26H38N4O4/c1-16(2)15-20-24(31)27-13-12-18-8-10-19(11-9-18)34-23(17(3)4)22(26(33)28-20)29-25(32)21-7-6-14-30(21)5/h8-13,16-17,20-23H,6-7,14-15H2,1-5H3,(H,27,31)(H,28,33)(H,29,32)/b13-12-. The van der Waals surface area contributed by atoms with Crippen LogP contribution in [0.1, 0.15) is 52.5 Å². The van der Waals surface area contributed by atoms with Gasteiger partial charge in [-0.05, 0) is 68.5 Å². The summed E-state index contributed by atoms with van der Waals surface area (Å²) in [4.78, 5) is 41.7. The normalized spacial score (nSPS) is 27.1. The second-order valence-electron chi connectivity index (χ2n) is 10.1. The van der Waals surface area contributed by atoms with Gasteiger partial charge in [0, 0.05) is 6.20 Å². The van der Waals surface area contributed by atoms with Crippen LogP contribution in [0.15, 0.2) is 30.5 Å². The molecule has 3 heterocycles. The number of fused-ring (bicyclic) bond motifs is 10. The van der Waals surface area contributed by atoms with Crippen LogP contribution in [0.25, 0.3) is 6.08 Å². The summed E-state index contributed by atoms with van der Waals surface area (Å²) in [6, 6.07) is 5.44. The molecular weight excluding hydrogens is 432 g/mol. The maximum absolute atomic E-state index is 13.6. The van der Waals surface area contributed by atoms with Crippen molar-refractivity contribution in [2.45, 2.75) is 71.2 Å². The lowest BCUT2D eigenvalue weighted by Gasteiger charge is -2.33. The molecule has 2 bridgehead atoms. The van der Waals surface area contributed by atoms with Crippen LogP contribution in [-0.2, 0) is 14.4 Å². The van der Waals surface area contributed by atoms with Crippen molar-refractivity contribution in [3.05, 3.63) is 36.0 Å². The van der Waals surface area contributed by atoms with Crippen molar-refractivity contribution in [1.29, 1.82) is 0 Å². The molecule has 1 aromatic rings. The molecule has 0 radical (unpaired) electrons. The fraction of sp³-hybridized carbons (Fsp3) is 0.577. The Morgan fingerprint density at radius 1 is 1.15 bits per heavy atom. The zero-order valence-corrected chi connectivity index (χ0v) is 20.8. The van der Waals surface area contributed by atoms with Gasteiger partial charge < -0.3 is 20.7 Å². The molecular formula is C26H38N4O4. The highest BCUT2D eigenvalue weighted by Crippen LogP contribution is 2.22. The molecule has 8 heteroatoms. The molecule has 3 N–H and O–H groups in total. The molecule has 1 saturated heterocycles. The molecule has 3 aliphatic heterocycles. The number of likely N-dealkylation sites (tertiary alicyclic amines) is 1. The summed E-state index contributed by atoms with van der Waals surface area (Å²) in [7, 11) is 1.92. The molecule has 4 rings (SSSR count). The molecule has 1 aromatic carbocycles. The van der Waals surface area contributed by atoms with E-state index in [4.69, 9.17) is 4.74 Å². The average molecular weight is 471 g/mol. The van der Waals surface area contributed by atoms with Crippen LogP contribution in [0.4, 0.5) is 0 Å². The van der Waals surface area contributed by atoms with Gasteiger partial charge in [-0.15, -0.1) is 0 Å². The van der Waals surface area contributed by atoms with E-state index in [0.717, 1.165) is 24.9 Å². The summed E-state index contributed by atoms with van der Waals surface area (Å²) in [5.41, 5.74) is 0.907. The molecule has 0 aliphatic carbocycles.